The highest BCUT2D eigenvalue weighted by Gasteiger charge is 2.17. The topological polar surface area (TPSA) is 57.2 Å². The number of halogens is 1. The molecular formula is C22H18BrN2O2. The number of carbonyl (C=O) groups is 1. The second kappa shape index (κ2) is 7.18. The first-order valence-corrected chi connectivity index (χ1v) is 9.37. The molecule has 0 saturated carbocycles. The van der Waals surface area contributed by atoms with Crippen molar-refractivity contribution in [3.8, 4) is 0 Å². The summed E-state index contributed by atoms with van der Waals surface area (Å²) in [6, 6.07) is 21.1. The minimum atomic E-state index is -0.435. The molecule has 0 aliphatic heterocycles. The molecule has 0 atom stereocenters. The first-order valence-electron chi connectivity index (χ1n) is 8.58. The maximum Gasteiger partial charge on any atom is 0.249 e. The van der Waals surface area contributed by atoms with Crippen LogP contribution in [0, 0.1) is 6.07 Å². The summed E-state index contributed by atoms with van der Waals surface area (Å²) in [6.45, 7) is 1.17. The van der Waals surface area contributed by atoms with Crippen molar-refractivity contribution in [2.24, 2.45) is 5.73 Å². The molecule has 4 rings (SSSR count). The van der Waals surface area contributed by atoms with Crippen LogP contribution in [-0.2, 0) is 17.9 Å². The van der Waals surface area contributed by atoms with Crippen molar-refractivity contribution in [1.29, 1.82) is 0 Å². The zero-order valence-corrected chi connectivity index (χ0v) is 16.4. The molecule has 1 heterocycles. The fraction of sp³-hybridized carbons (Fsp3) is 0.136. The van der Waals surface area contributed by atoms with Crippen LogP contribution in [0.1, 0.15) is 21.5 Å². The summed E-state index contributed by atoms with van der Waals surface area (Å²) in [5, 5.41) is 1.74. The third-order valence-electron chi connectivity index (χ3n) is 4.72. The zero-order chi connectivity index (χ0) is 19.0. The lowest BCUT2D eigenvalue weighted by Crippen LogP contribution is -2.11. The van der Waals surface area contributed by atoms with E-state index in [2.05, 4.69) is 38.7 Å². The van der Waals surface area contributed by atoms with Gasteiger partial charge in [0, 0.05) is 34.5 Å². The largest absolute Gasteiger partial charge is 0.380 e. The van der Waals surface area contributed by atoms with Gasteiger partial charge in [-0.1, -0.05) is 40.2 Å². The van der Waals surface area contributed by atoms with Gasteiger partial charge in [0.15, 0.2) is 0 Å². The van der Waals surface area contributed by atoms with E-state index in [-0.39, 0.29) is 0 Å². The second-order valence-electron chi connectivity index (χ2n) is 6.44. The number of nitrogens with zero attached hydrogens (tertiary/aromatic N) is 1. The van der Waals surface area contributed by atoms with E-state index in [1.165, 1.54) is 0 Å². The first-order chi connectivity index (χ1) is 13.1. The summed E-state index contributed by atoms with van der Waals surface area (Å²) in [6.07, 6.45) is 0. The van der Waals surface area contributed by atoms with Gasteiger partial charge < -0.3 is 15.0 Å². The van der Waals surface area contributed by atoms with Crippen molar-refractivity contribution < 1.29 is 9.53 Å². The van der Waals surface area contributed by atoms with Crippen molar-refractivity contribution in [3.05, 3.63) is 81.8 Å². The van der Waals surface area contributed by atoms with Crippen LogP contribution in [0.5, 0.6) is 0 Å². The maximum atomic E-state index is 12.0. The average Bonchev–Trinajstić information content (AvgIpc) is 2.97. The van der Waals surface area contributed by atoms with Crippen LogP contribution in [0.2, 0.25) is 0 Å². The highest BCUT2D eigenvalue weighted by atomic mass is 79.9. The van der Waals surface area contributed by atoms with Crippen LogP contribution < -0.4 is 5.73 Å². The maximum absolute atomic E-state index is 12.0. The van der Waals surface area contributed by atoms with Crippen molar-refractivity contribution in [3.63, 3.8) is 0 Å². The second-order valence-corrected chi connectivity index (χ2v) is 7.30. The molecule has 0 spiro atoms. The van der Waals surface area contributed by atoms with Gasteiger partial charge in [0.2, 0.25) is 5.91 Å². The van der Waals surface area contributed by atoms with Crippen LogP contribution in [0.25, 0.3) is 21.8 Å². The Hall–Kier alpha value is -2.63. The monoisotopic (exact) mass is 421 g/mol. The number of amides is 1. The average molecular weight is 422 g/mol. The molecule has 0 fully saturated rings. The zero-order valence-electron chi connectivity index (χ0n) is 14.8. The predicted octanol–water partition coefficient (Wildman–Crippen LogP) is 4.65. The van der Waals surface area contributed by atoms with Crippen LogP contribution in [0.15, 0.2) is 59.1 Å². The van der Waals surface area contributed by atoms with Crippen molar-refractivity contribution >= 4 is 43.6 Å². The fourth-order valence-corrected chi connectivity index (χ4v) is 3.93. The molecule has 3 aromatic carbocycles. The number of primary amides is 1. The molecule has 1 aromatic heterocycles. The van der Waals surface area contributed by atoms with Gasteiger partial charge in [-0.15, -0.1) is 0 Å². The van der Waals surface area contributed by atoms with Gasteiger partial charge in [-0.05, 0) is 47.5 Å². The van der Waals surface area contributed by atoms with E-state index >= 15 is 0 Å². The van der Waals surface area contributed by atoms with E-state index in [1.54, 1.807) is 13.2 Å². The van der Waals surface area contributed by atoms with Crippen molar-refractivity contribution in [2.75, 3.05) is 7.11 Å². The molecule has 135 valence electrons. The van der Waals surface area contributed by atoms with Gasteiger partial charge in [-0.2, -0.15) is 0 Å². The lowest BCUT2D eigenvalue weighted by molar-refractivity contribution is 0.100. The Morgan fingerprint density at radius 3 is 2.74 bits per heavy atom. The quantitative estimate of drug-likeness (QED) is 0.509. The molecule has 4 aromatic rings. The van der Waals surface area contributed by atoms with Gasteiger partial charge in [0.25, 0.3) is 0 Å². The Bertz CT molecular complexity index is 1160. The number of methoxy groups -OCH3 is 1. The number of fused-ring (bicyclic) bond motifs is 3. The molecular weight excluding hydrogens is 404 g/mol. The van der Waals surface area contributed by atoms with Crippen LogP contribution in [-0.4, -0.2) is 17.6 Å². The number of aromatic nitrogens is 1. The summed E-state index contributed by atoms with van der Waals surface area (Å²) in [5.74, 6) is -0.435. The number of hydrogen-bond donors (Lipinski definition) is 1. The number of nitrogens with two attached hydrogens (primary N) is 1. The molecule has 0 saturated heterocycles. The predicted molar refractivity (Wildman–Crippen MR) is 111 cm³/mol. The van der Waals surface area contributed by atoms with Crippen LogP contribution in [0.3, 0.4) is 0 Å². The minimum absolute atomic E-state index is 0.435. The molecule has 4 nitrogen and oxygen atoms in total. The number of rotatable bonds is 5. The Morgan fingerprint density at radius 2 is 2.00 bits per heavy atom. The summed E-state index contributed by atoms with van der Waals surface area (Å²) in [4.78, 5) is 12.0. The SMILES string of the molecule is COCc1c[c]c2c3c(C(N)=O)cccc3n(Cc3ccccc3Br)c2c1. The third kappa shape index (κ3) is 3.13. The van der Waals surface area contributed by atoms with Gasteiger partial charge in [0.05, 0.1) is 17.6 Å². The lowest BCUT2D eigenvalue weighted by atomic mass is 10.0. The normalized spacial score (nSPS) is 11.3. The summed E-state index contributed by atoms with van der Waals surface area (Å²) < 4.78 is 8.52. The molecule has 0 bridgehead atoms. The molecule has 5 heteroatoms. The Labute approximate surface area is 165 Å². The lowest BCUT2D eigenvalue weighted by Gasteiger charge is -2.10. The molecule has 2 N–H and O–H groups in total. The Morgan fingerprint density at radius 1 is 1.19 bits per heavy atom. The van der Waals surface area contributed by atoms with Gasteiger partial charge >= 0.3 is 0 Å². The van der Waals surface area contributed by atoms with Gasteiger partial charge in [0.1, 0.15) is 0 Å². The smallest absolute Gasteiger partial charge is 0.249 e. The molecule has 27 heavy (non-hydrogen) atoms. The van der Waals surface area contributed by atoms with E-state index in [9.17, 15) is 4.79 Å². The molecule has 0 aliphatic carbocycles. The van der Waals surface area contributed by atoms with E-state index in [0.717, 1.165) is 37.4 Å². The van der Waals surface area contributed by atoms with Crippen molar-refractivity contribution in [1.82, 2.24) is 4.57 Å². The van der Waals surface area contributed by atoms with E-state index < -0.39 is 5.91 Å². The summed E-state index contributed by atoms with van der Waals surface area (Å²) in [7, 11) is 1.67. The van der Waals surface area contributed by atoms with Crippen LogP contribution >= 0.6 is 15.9 Å². The minimum Gasteiger partial charge on any atom is -0.380 e. The van der Waals surface area contributed by atoms with E-state index in [0.29, 0.717) is 18.7 Å². The fourth-order valence-electron chi connectivity index (χ4n) is 3.52. The molecule has 0 aliphatic rings. The molecule has 1 amide bonds. The summed E-state index contributed by atoms with van der Waals surface area (Å²) >= 11 is 3.63. The standard InChI is InChI=1S/C22H18BrN2O2/c1-27-13-14-9-10-16-20(11-14)25(12-15-5-2-3-7-18(15)23)19-8-4-6-17(21(16)19)22(24)26/h2-9,11H,12-13H2,1H3,(H2,24,26). The molecule has 1 radical (unpaired) electrons. The summed E-state index contributed by atoms with van der Waals surface area (Å²) in [5.41, 5.74) is 10.3. The first kappa shape index (κ1) is 17.8. The van der Waals surface area contributed by atoms with Crippen LogP contribution in [0.4, 0.5) is 0 Å². The highest BCUT2D eigenvalue weighted by molar-refractivity contribution is 9.10. The van der Waals surface area contributed by atoms with Gasteiger partial charge in [-0.25, -0.2) is 0 Å². The third-order valence-corrected chi connectivity index (χ3v) is 5.49. The number of carbonyl (C=O) groups excluding carboxylic acids is 1. The highest BCUT2D eigenvalue weighted by Crippen LogP contribution is 2.33. The number of hydrogen-bond acceptors (Lipinski definition) is 2. The Kier molecular flexibility index (Phi) is 4.72. The van der Waals surface area contributed by atoms with E-state index in [1.807, 2.05) is 36.4 Å². The number of benzene rings is 3. The van der Waals surface area contributed by atoms with E-state index in [4.69, 9.17) is 10.5 Å². The number of ether oxygens (including phenoxy) is 1. The Balaban J connectivity index is 2.04. The van der Waals surface area contributed by atoms with Gasteiger partial charge in [-0.3, -0.25) is 4.79 Å². The molecule has 0 unspecified atom stereocenters. The van der Waals surface area contributed by atoms with Crippen molar-refractivity contribution in [2.45, 2.75) is 13.2 Å².